The van der Waals surface area contributed by atoms with Crippen molar-refractivity contribution < 1.29 is 18.5 Å². The highest BCUT2D eigenvalue weighted by Crippen LogP contribution is 2.31. The summed E-state index contributed by atoms with van der Waals surface area (Å²) in [5.74, 6) is -1.91. The first-order chi connectivity index (χ1) is 13.7. The van der Waals surface area contributed by atoms with Crippen LogP contribution in [-0.4, -0.2) is 47.9 Å². The van der Waals surface area contributed by atoms with Gasteiger partial charge in [0.05, 0.1) is 9.62 Å². The van der Waals surface area contributed by atoms with Gasteiger partial charge in [0.2, 0.25) is 0 Å². The predicted molar refractivity (Wildman–Crippen MR) is 118 cm³/mol. The lowest BCUT2D eigenvalue weighted by Gasteiger charge is -2.20. The van der Waals surface area contributed by atoms with Crippen molar-refractivity contribution in [2.24, 2.45) is 0 Å². The molecule has 0 spiro atoms. The predicted octanol–water partition coefficient (Wildman–Crippen LogP) is 4.57. The summed E-state index contributed by atoms with van der Waals surface area (Å²) in [7, 11) is 3.69. The molecule has 2 heterocycles. The third-order valence-corrected chi connectivity index (χ3v) is 5.88. The first-order valence-corrected chi connectivity index (χ1v) is 10.0. The molecule has 0 saturated carbocycles. The van der Waals surface area contributed by atoms with Crippen LogP contribution >= 0.6 is 35.1 Å². The van der Waals surface area contributed by atoms with Gasteiger partial charge >= 0.3 is 5.00 Å². The number of anilines is 1. The number of carbonyl (C=O) groups is 1. The number of thiazole rings is 1. The van der Waals surface area contributed by atoms with Gasteiger partial charge in [0.1, 0.15) is 11.3 Å². The molecule has 0 fully saturated rings. The van der Waals surface area contributed by atoms with Gasteiger partial charge in [-0.05, 0) is 32.3 Å². The van der Waals surface area contributed by atoms with E-state index in [1.165, 1.54) is 29.2 Å². The molecule has 12 heteroatoms. The maximum Gasteiger partial charge on any atom is 0.324 e. The van der Waals surface area contributed by atoms with Crippen LogP contribution in [0.3, 0.4) is 0 Å². The van der Waals surface area contributed by atoms with Crippen LogP contribution in [0, 0.1) is 21.7 Å². The molecule has 7 nitrogen and oxygen atoms in total. The van der Waals surface area contributed by atoms with Crippen molar-refractivity contribution in [2.75, 3.05) is 32.1 Å². The third-order valence-electron chi connectivity index (χ3n) is 3.85. The minimum absolute atomic E-state index is 0. The molecule has 0 N–H and O–H groups in total. The lowest BCUT2D eigenvalue weighted by atomic mass is 10.3. The number of nitrogens with zero attached hydrogens (tertiary/aromatic N) is 4. The molecule has 30 heavy (non-hydrogen) atoms. The van der Waals surface area contributed by atoms with Crippen LogP contribution in [0.25, 0.3) is 16.3 Å². The molecule has 2 aromatic heterocycles. The second-order valence-corrected chi connectivity index (χ2v) is 8.39. The zero-order valence-corrected chi connectivity index (χ0v) is 18.3. The number of halogens is 3. The topological polar surface area (TPSA) is 79.6 Å². The van der Waals surface area contributed by atoms with Crippen LogP contribution in [-0.2, 0) is 4.79 Å². The van der Waals surface area contributed by atoms with Crippen LogP contribution in [0.4, 0.5) is 18.9 Å². The SMILES string of the molecule is CN(C)CCN(C(=O)C=Cc1ccc([N+](=O)[O-])s1)c1nc2c(F)cc(F)cc2s1.Cl. The van der Waals surface area contributed by atoms with Gasteiger partial charge in [0.25, 0.3) is 5.91 Å². The number of hydrogen-bond acceptors (Lipinski definition) is 7. The smallest absolute Gasteiger partial charge is 0.308 e. The summed E-state index contributed by atoms with van der Waals surface area (Å²) in [5, 5.41) is 11.0. The molecule has 0 aliphatic heterocycles. The van der Waals surface area contributed by atoms with Crippen molar-refractivity contribution in [1.29, 1.82) is 0 Å². The van der Waals surface area contributed by atoms with E-state index in [-0.39, 0.29) is 34.6 Å². The summed E-state index contributed by atoms with van der Waals surface area (Å²) in [4.78, 5) is 31.0. The van der Waals surface area contributed by atoms with Crippen LogP contribution in [0.5, 0.6) is 0 Å². The Morgan fingerprint density at radius 3 is 2.60 bits per heavy atom. The van der Waals surface area contributed by atoms with Crippen LogP contribution < -0.4 is 4.90 Å². The van der Waals surface area contributed by atoms with Gasteiger partial charge in [-0.15, -0.1) is 12.4 Å². The zero-order chi connectivity index (χ0) is 21.1. The lowest BCUT2D eigenvalue weighted by molar-refractivity contribution is -0.380. The lowest BCUT2D eigenvalue weighted by Crippen LogP contribution is -2.35. The normalized spacial score (nSPS) is 11.2. The van der Waals surface area contributed by atoms with Gasteiger partial charge in [-0.2, -0.15) is 0 Å². The second kappa shape index (κ2) is 10.0. The first kappa shape index (κ1) is 23.8. The number of benzene rings is 1. The Balaban J connectivity index is 0.00000320. The van der Waals surface area contributed by atoms with Crippen molar-refractivity contribution in [2.45, 2.75) is 0 Å². The van der Waals surface area contributed by atoms with E-state index >= 15 is 0 Å². The van der Waals surface area contributed by atoms with E-state index in [1.54, 1.807) is 6.07 Å². The van der Waals surface area contributed by atoms with Gasteiger partial charge in [-0.1, -0.05) is 22.7 Å². The Bertz CT molecular complexity index is 1100. The van der Waals surface area contributed by atoms with Crippen LogP contribution in [0.15, 0.2) is 30.3 Å². The zero-order valence-electron chi connectivity index (χ0n) is 15.9. The Kier molecular flexibility index (Phi) is 7.96. The fraction of sp³-hybridized carbons (Fsp3) is 0.222. The van der Waals surface area contributed by atoms with E-state index in [0.717, 1.165) is 28.7 Å². The molecule has 0 bridgehead atoms. The number of hydrogen-bond donors (Lipinski definition) is 0. The molecule has 0 unspecified atom stereocenters. The molecule has 0 radical (unpaired) electrons. The van der Waals surface area contributed by atoms with Gasteiger partial charge in [-0.25, -0.2) is 13.8 Å². The van der Waals surface area contributed by atoms with E-state index in [2.05, 4.69) is 4.98 Å². The van der Waals surface area contributed by atoms with Crippen molar-refractivity contribution in [3.63, 3.8) is 0 Å². The minimum atomic E-state index is -0.788. The Labute approximate surface area is 184 Å². The first-order valence-electron chi connectivity index (χ1n) is 8.38. The minimum Gasteiger partial charge on any atom is -0.308 e. The number of nitro groups is 1. The number of fused-ring (bicyclic) bond motifs is 1. The fourth-order valence-corrected chi connectivity index (χ4v) is 4.20. The fourth-order valence-electron chi connectivity index (χ4n) is 2.43. The van der Waals surface area contributed by atoms with E-state index < -0.39 is 22.5 Å². The van der Waals surface area contributed by atoms with Gasteiger partial charge in [-0.3, -0.25) is 19.8 Å². The molecule has 0 atom stereocenters. The summed E-state index contributed by atoms with van der Waals surface area (Å²) >= 11 is 1.97. The highest BCUT2D eigenvalue weighted by Gasteiger charge is 2.20. The summed E-state index contributed by atoms with van der Waals surface area (Å²) in [6, 6.07) is 4.84. The van der Waals surface area contributed by atoms with Gasteiger partial charge in [0.15, 0.2) is 10.9 Å². The van der Waals surface area contributed by atoms with E-state index in [1.807, 2.05) is 19.0 Å². The molecule has 0 aliphatic carbocycles. The number of rotatable bonds is 7. The van der Waals surface area contributed by atoms with Crippen LogP contribution in [0.2, 0.25) is 0 Å². The van der Waals surface area contributed by atoms with Crippen molar-refractivity contribution in [3.05, 3.63) is 57.0 Å². The molecular formula is C18H17ClF2N4O3S2. The standard InChI is InChI=1S/C18H16F2N4O3S2.ClH/c1-22(2)7-8-23(15(25)5-3-12-4-6-16(28-12)24(26)27)18-21-17-13(20)9-11(19)10-14(17)29-18;/h3-6,9-10H,7-8H2,1-2H3;1H. The number of thiophene rings is 1. The van der Waals surface area contributed by atoms with Crippen molar-refractivity contribution >= 4 is 67.4 Å². The molecule has 0 saturated heterocycles. The Morgan fingerprint density at radius 2 is 1.97 bits per heavy atom. The average molecular weight is 475 g/mol. The summed E-state index contributed by atoms with van der Waals surface area (Å²) in [5.41, 5.74) is 0.00640. The number of carbonyl (C=O) groups excluding carboxylic acids is 1. The summed E-state index contributed by atoms with van der Waals surface area (Å²) < 4.78 is 27.8. The Morgan fingerprint density at radius 1 is 1.23 bits per heavy atom. The summed E-state index contributed by atoms with van der Waals surface area (Å²) in [6.45, 7) is 0.807. The van der Waals surface area contributed by atoms with Crippen molar-refractivity contribution in [1.82, 2.24) is 9.88 Å². The maximum absolute atomic E-state index is 14.0. The Hall–Kier alpha value is -2.47. The quantitative estimate of drug-likeness (QED) is 0.284. The highest BCUT2D eigenvalue weighted by molar-refractivity contribution is 7.22. The highest BCUT2D eigenvalue weighted by atomic mass is 35.5. The van der Waals surface area contributed by atoms with Gasteiger partial charge in [0, 0.05) is 36.2 Å². The van der Waals surface area contributed by atoms with Crippen LogP contribution in [0.1, 0.15) is 4.88 Å². The monoisotopic (exact) mass is 474 g/mol. The molecule has 0 aliphatic rings. The maximum atomic E-state index is 14.0. The van der Waals surface area contributed by atoms with E-state index in [0.29, 0.717) is 16.1 Å². The number of likely N-dealkylation sites (N-methyl/N-ethyl adjacent to an activating group) is 1. The number of amides is 1. The number of aromatic nitrogens is 1. The molecule has 3 aromatic rings. The van der Waals surface area contributed by atoms with E-state index in [9.17, 15) is 23.7 Å². The largest absolute Gasteiger partial charge is 0.324 e. The third kappa shape index (κ3) is 5.57. The second-order valence-electron chi connectivity index (χ2n) is 6.29. The van der Waals surface area contributed by atoms with Gasteiger partial charge < -0.3 is 4.90 Å². The van der Waals surface area contributed by atoms with E-state index in [4.69, 9.17) is 0 Å². The van der Waals surface area contributed by atoms with Crippen molar-refractivity contribution in [3.8, 4) is 0 Å². The molecule has 1 aromatic carbocycles. The summed E-state index contributed by atoms with van der Waals surface area (Å²) in [6.07, 6.45) is 2.77. The molecule has 1 amide bonds. The molecule has 160 valence electrons. The average Bonchev–Trinajstić information content (AvgIpc) is 3.27. The molecule has 3 rings (SSSR count). The molecular weight excluding hydrogens is 458 g/mol.